The second-order valence-electron chi connectivity index (χ2n) is 1.86. The van der Waals surface area contributed by atoms with Crippen molar-refractivity contribution in [2.75, 3.05) is 7.11 Å². The van der Waals surface area contributed by atoms with Crippen molar-refractivity contribution in [2.24, 2.45) is 0 Å². The van der Waals surface area contributed by atoms with Gasteiger partial charge >= 0.3 is 0 Å². The third-order valence-electron chi connectivity index (χ3n) is 1.23. The molecule has 0 saturated carbocycles. The predicted octanol–water partition coefficient (Wildman–Crippen LogP) is 3.62. The molecule has 1 heterocycles. The summed E-state index contributed by atoms with van der Waals surface area (Å²) in [5.41, 5.74) is 0.916. The number of hydrogen-bond acceptors (Lipinski definition) is 2. The van der Waals surface area contributed by atoms with Gasteiger partial charge in [0.15, 0.2) is 0 Å². The number of halogens is 2. The average molecular weight is 301 g/mol. The highest BCUT2D eigenvalue weighted by Gasteiger charge is 2.10. The largest absolute Gasteiger partial charge is 0.497 e. The van der Waals surface area contributed by atoms with Crippen molar-refractivity contribution in [3.63, 3.8) is 0 Å². The molecule has 0 atom stereocenters. The van der Waals surface area contributed by atoms with E-state index < -0.39 is 0 Å². The number of thiophene rings is 1. The van der Waals surface area contributed by atoms with E-state index in [0.717, 1.165) is 13.5 Å². The summed E-state index contributed by atoms with van der Waals surface area (Å²) in [4.78, 5) is 0. The Morgan fingerprint density at radius 2 is 2.45 bits per heavy atom. The fourth-order valence-corrected chi connectivity index (χ4v) is 2.96. The van der Waals surface area contributed by atoms with Gasteiger partial charge in [0, 0.05) is 8.95 Å². The van der Waals surface area contributed by atoms with E-state index in [1.54, 1.807) is 7.11 Å². The molecular formula is C7H6ClIOS. The Bertz CT molecular complexity index is 262. The van der Waals surface area contributed by atoms with E-state index in [0.29, 0.717) is 5.76 Å². The lowest BCUT2D eigenvalue weighted by Crippen LogP contribution is -1.85. The van der Waals surface area contributed by atoms with Gasteiger partial charge in [-0.15, -0.1) is 11.3 Å². The molecule has 1 nitrogen and oxygen atoms in total. The highest BCUT2D eigenvalue weighted by Crippen LogP contribution is 2.33. The van der Waals surface area contributed by atoms with Crippen LogP contribution in [0.4, 0.5) is 0 Å². The zero-order valence-electron chi connectivity index (χ0n) is 5.86. The molecule has 1 aromatic heterocycles. The summed E-state index contributed by atoms with van der Waals surface area (Å²) in [6, 6.07) is 0. The molecule has 0 aliphatic rings. The zero-order valence-corrected chi connectivity index (χ0v) is 9.59. The Morgan fingerprint density at radius 3 is 2.82 bits per heavy atom. The fraction of sp³-hybridized carbons (Fsp3) is 0.143. The molecule has 1 aromatic rings. The molecule has 11 heavy (non-hydrogen) atoms. The third kappa shape index (κ3) is 1.89. The Morgan fingerprint density at radius 1 is 1.82 bits per heavy atom. The van der Waals surface area contributed by atoms with Crippen LogP contribution in [-0.4, -0.2) is 7.11 Å². The minimum absolute atomic E-state index is 0.626. The lowest BCUT2D eigenvalue weighted by atomic mass is 10.3. The van der Waals surface area contributed by atoms with Crippen LogP contribution in [0, 0.1) is 3.57 Å². The van der Waals surface area contributed by atoms with Gasteiger partial charge in [0.2, 0.25) is 0 Å². The SMILES string of the molecule is C=C(OC)c1c(I)csc1Cl. The number of methoxy groups -OCH3 is 1. The molecule has 0 spiro atoms. The summed E-state index contributed by atoms with van der Waals surface area (Å²) in [6.07, 6.45) is 0. The molecule has 0 saturated heterocycles. The molecule has 0 aromatic carbocycles. The second-order valence-corrected chi connectivity index (χ2v) is 4.50. The Balaban J connectivity index is 3.10. The monoisotopic (exact) mass is 300 g/mol. The summed E-state index contributed by atoms with van der Waals surface area (Å²) >= 11 is 9.59. The molecule has 0 unspecified atom stereocenters. The summed E-state index contributed by atoms with van der Waals surface area (Å²) < 4.78 is 6.80. The van der Waals surface area contributed by atoms with Crippen LogP contribution in [0.2, 0.25) is 4.34 Å². The maximum absolute atomic E-state index is 5.89. The van der Waals surface area contributed by atoms with Gasteiger partial charge < -0.3 is 4.74 Å². The van der Waals surface area contributed by atoms with Crippen molar-refractivity contribution in [3.8, 4) is 0 Å². The fourth-order valence-electron chi connectivity index (χ4n) is 0.660. The molecule has 0 aliphatic heterocycles. The minimum atomic E-state index is 0.626. The van der Waals surface area contributed by atoms with Crippen molar-refractivity contribution in [1.29, 1.82) is 0 Å². The van der Waals surface area contributed by atoms with E-state index in [2.05, 4.69) is 29.2 Å². The molecule has 0 fully saturated rings. The van der Waals surface area contributed by atoms with Gasteiger partial charge in [0.25, 0.3) is 0 Å². The normalized spacial score (nSPS) is 9.73. The minimum Gasteiger partial charge on any atom is -0.497 e. The predicted molar refractivity (Wildman–Crippen MR) is 58.1 cm³/mol. The van der Waals surface area contributed by atoms with Crippen molar-refractivity contribution in [2.45, 2.75) is 0 Å². The van der Waals surface area contributed by atoms with Crippen molar-refractivity contribution in [1.82, 2.24) is 0 Å². The standard InChI is InChI=1S/C7H6ClIOS/c1-4(10-2)6-5(9)3-11-7(6)8/h3H,1H2,2H3. The van der Waals surface area contributed by atoms with Crippen LogP contribution in [0.1, 0.15) is 5.56 Å². The van der Waals surface area contributed by atoms with E-state index in [1.165, 1.54) is 11.3 Å². The third-order valence-corrected chi connectivity index (χ3v) is 3.72. The second kappa shape index (κ2) is 3.78. The number of rotatable bonds is 2. The van der Waals surface area contributed by atoms with E-state index in [1.807, 2.05) is 5.38 Å². The first-order valence-electron chi connectivity index (χ1n) is 2.82. The lowest BCUT2D eigenvalue weighted by Gasteiger charge is -2.02. The Kier molecular flexibility index (Phi) is 3.21. The molecule has 1 rings (SSSR count). The zero-order chi connectivity index (χ0) is 8.43. The van der Waals surface area contributed by atoms with Crippen LogP contribution < -0.4 is 0 Å². The quantitative estimate of drug-likeness (QED) is 0.599. The van der Waals surface area contributed by atoms with Gasteiger partial charge in [0.1, 0.15) is 10.1 Å². The average Bonchev–Trinajstić information content (AvgIpc) is 2.30. The van der Waals surface area contributed by atoms with E-state index in [-0.39, 0.29) is 0 Å². The molecular weight excluding hydrogens is 294 g/mol. The van der Waals surface area contributed by atoms with Crippen LogP contribution in [0.25, 0.3) is 5.76 Å². The molecule has 0 radical (unpaired) electrons. The van der Waals surface area contributed by atoms with Gasteiger partial charge in [-0.05, 0) is 22.6 Å². The summed E-state index contributed by atoms with van der Waals surface area (Å²) in [7, 11) is 1.59. The number of hydrogen-bond donors (Lipinski definition) is 0. The highest BCUT2D eigenvalue weighted by atomic mass is 127. The van der Waals surface area contributed by atoms with E-state index in [9.17, 15) is 0 Å². The molecule has 60 valence electrons. The first-order chi connectivity index (χ1) is 5.16. The Hall–Kier alpha value is 0.260. The summed E-state index contributed by atoms with van der Waals surface area (Å²) in [5, 5.41) is 1.97. The van der Waals surface area contributed by atoms with Gasteiger partial charge in [-0.25, -0.2) is 0 Å². The number of ether oxygens (including phenoxy) is 1. The van der Waals surface area contributed by atoms with Crippen LogP contribution in [0.15, 0.2) is 12.0 Å². The Labute approximate surface area is 88.2 Å². The smallest absolute Gasteiger partial charge is 0.122 e. The van der Waals surface area contributed by atoms with Crippen molar-refractivity contribution < 1.29 is 4.74 Å². The molecule has 0 aliphatic carbocycles. The molecule has 0 amide bonds. The van der Waals surface area contributed by atoms with Gasteiger partial charge in [-0.2, -0.15) is 0 Å². The maximum atomic E-state index is 5.89. The topological polar surface area (TPSA) is 9.23 Å². The van der Waals surface area contributed by atoms with Gasteiger partial charge in [-0.3, -0.25) is 0 Å². The van der Waals surface area contributed by atoms with Crippen LogP contribution in [0.5, 0.6) is 0 Å². The summed E-state index contributed by atoms with van der Waals surface area (Å²) in [5.74, 6) is 0.626. The van der Waals surface area contributed by atoms with Gasteiger partial charge in [-0.1, -0.05) is 18.2 Å². The van der Waals surface area contributed by atoms with Crippen molar-refractivity contribution >= 4 is 51.3 Å². The van der Waals surface area contributed by atoms with Gasteiger partial charge in [0.05, 0.1) is 12.7 Å². The lowest BCUT2D eigenvalue weighted by molar-refractivity contribution is 0.371. The first-order valence-corrected chi connectivity index (χ1v) is 5.16. The molecule has 0 N–H and O–H groups in total. The summed E-state index contributed by atoms with van der Waals surface area (Å²) in [6.45, 7) is 3.73. The van der Waals surface area contributed by atoms with Crippen LogP contribution >= 0.6 is 45.5 Å². The first kappa shape index (κ1) is 9.35. The maximum Gasteiger partial charge on any atom is 0.122 e. The highest BCUT2D eigenvalue weighted by molar-refractivity contribution is 14.1. The van der Waals surface area contributed by atoms with E-state index in [4.69, 9.17) is 16.3 Å². The molecule has 0 bridgehead atoms. The van der Waals surface area contributed by atoms with E-state index >= 15 is 0 Å². The van der Waals surface area contributed by atoms with Crippen molar-refractivity contribution in [3.05, 3.63) is 25.4 Å². The van der Waals surface area contributed by atoms with Crippen LogP contribution in [-0.2, 0) is 4.74 Å². The molecule has 4 heteroatoms. The van der Waals surface area contributed by atoms with Crippen LogP contribution in [0.3, 0.4) is 0 Å².